The highest BCUT2D eigenvalue weighted by Gasteiger charge is 2.17. The average molecular weight is 299 g/mol. The summed E-state index contributed by atoms with van der Waals surface area (Å²) in [4.78, 5) is 16.1. The SMILES string of the molecule is CCCNC(=O)C(C)Sc1nc2cc(Cl)ccc2o1. The normalized spacial score (nSPS) is 12.6. The standard InChI is InChI=1S/C13H15ClN2O2S/c1-3-6-15-12(17)8(2)19-13-16-10-7-9(14)4-5-11(10)18-13/h4-5,7-8H,3,6H2,1-2H3,(H,15,17). The van der Waals surface area contributed by atoms with Gasteiger partial charge in [0.25, 0.3) is 5.22 Å². The van der Waals surface area contributed by atoms with Crippen molar-refractivity contribution in [3.05, 3.63) is 23.2 Å². The molecule has 0 saturated carbocycles. The van der Waals surface area contributed by atoms with Crippen molar-refractivity contribution in [2.75, 3.05) is 6.54 Å². The molecule has 0 radical (unpaired) electrons. The van der Waals surface area contributed by atoms with E-state index in [0.717, 1.165) is 6.42 Å². The Morgan fingerprint density at radius 1 is 1.58 bits per heavy atom. The lowest BCUT2D eigenvalue weighted by Crippen LogP contribution is -2.31. The zero-order chi connectivity index (χ0) is 13.8. The Labute approximate surface area is 120 Å². The van der Waals surface area contributed by atoms with Crippen molar-refractivity contribution in [2.45, 2.75) is 30.7 Å². The molecule has 1 N–H and O–H groups in total. The van der Waals surface area contributed by atoms with Crippen LogP contribution in [0.4, 0.5) is 0 Å². The highest BCUT2D eigenvalue weighted by Crippen LogP contribution is 2.28. The quantitative estimate of drug-likeness (QED) is 0.859. The summed E-state index contributed by atoms with van der Waals surface area (Å²) in [5, 5.41) is 3.70. The first-order valence-electron chi connectivity index (χ1n) is 6.10. The van der Waals surface area contributed by atoms with Crippen molar-refractivity contribution >= 4 is 40.4 Å². The second-order valence-electron chi connectivity index (χ2n) is 4.14. The lowest BCUT2D eigenvalue weighted by atomic mass is 10.3. The van der Waals surface area contributed by atoms with Crippen LogP contribution in [0.2, 0.25) is 5.02 Å². The third kappa shape index (κ3) is 3.64. The van der Waals surface area contributed by atoms with Crippen LogP contribution in [0.1, 0.15) is 20.3 Å². The highest BCUT2D eigenvalue weighted by molar-refractivity contribution is 8.00. The number of carbonyl (C=O) groups excluding carboxylic acids is 1. The van der Waals surface area contributed by atoms with Gasteiger partial charge in [-0.2, -0.15) is 0 Å². The van der Waals surface area contributed by atoms with Gasteiger partial charge in [0, 0.05) is 11.6 Å². The first kappa shape index (κ1) is 14.2. The zero-order valence-electron chi connectivity index (χ0n) is 10.8. The molecule has 6 heteroatoms. The second kappa shape index (κ2) is 6.30. The lowest BCUT2D eigenvalue weighted by molar-refractivity contribution is -0.120. The summed E-state index contributed by atoms with van der Waals surface area (Å²) >= 11 is 7.19. The number of amides is 1. The van der Waals surface area contributed by atoms with Gasteiger partial charge in [-0.25, -0.2) is 4.98 Å². The van der Waals surface area contributed by atoms with Gasteiger partial charge in [-0.1, -0.05) is 30.3 Å². The van der Waals surface area contributed by atoms with Crippen LogP contribution in [-0.4, -0.2) is 22.7 Å². The number of halogens is 1. The van der Waals surface area contributed by atoms with E-state index in [1.807, 2.05) is 13.8 Å². The van der Waals surface area contributed by atoms with E-state index in [0.29, 0.717) is 27.9 Å². The first-order chi connectivity index (χ1) is 9.10. The second-order valence-corrected chi connectivity index (χ2v) is 5.87. The van der Waals surface area contributed by atoms with Crippen LogP contribution in [-0.2, 0) is 4.79 Å². The number of nitrogens with zero attached hydrogens (tertiary/aromatic N) is 1. The van der Waals surface area contributed by atoms with E-state index >= 15 is 0 Å². The van der Waals surface area contributed by atoms with E-state index < -0.39 is 0 Å². The average Bonchev–Trinajstić information content (AvgIpc) is 2.77. The fourth-order valence-electron chi connectivity index (χ4n) is 1.53. The molecule has 1 atom stereocenters. The van der Waals surface area contributed by atoms with Crippen LogP contribution in [0.25, 0.3) is 11.1 Å². The minimum Gasteiger partial charge on any atom is -0.431 e. The molecule has 0 aliphatic carbocycles. The fraction of sp³-hybridized carbons (Fsp3) is 0.385. The lowest BCUT2D eigenvalue weighted by Gasteiger charge is -2.08. The summed E-state index contributed by atoms with van der Waals surface area (Å²) in [5.74, 6) is -0.00728. The number of hydrogen-bond donors (Lipinski definition) is 1. The number of thioether (sulfide) groups is 1. The largest absolute Gasteiger partial charge is 0.431 e. The monoisotopic (exact) mass is 298 g/mol. The van der Waals surface area contributed by atoms with Crippen LogP contribution in [0, 0.1) is 0 Å². The molecule has 0 aliphatic heterocycles. The van der Waals surface area contributed by atoms with Crippen molar-refractivity contribution in [1.29, 1.82) is 0 Å². The molecule has 0 spiro atoms. The number of rotatable bonds is 5. The molecule has 4 nitrogen and oxygen atoms in total. The maximum absolute atomic E-state index is 11.8. The van der Waals surface area contributed by atoms with Crippen molar-refractivity contribution in [3.8, 4) is 0 Å². The molecular formula is C13H15ClN2O2S. The molecule has 19 heavy (non-hydrogen) atoms. The van der Waals surface area contributed by atoms with Crippen LogP contribution in [0.5, 0.6) is 0 Å². The summed E-state index contributed by atoms with van der Waals surface area (Å²) in [6.07, 6.45) is 0.921. The summed E-state index contributed by atoms with van der Waals surface area (Å²) in [6.45, 7) is 4.53. The van der Waals surface area contributed by atoms with Gasteiger partial charge in [-0.05, 0) is 31.5 Å². The maximum Gasteiger partial charge on any atom is 0.257 e. The van der Waals surface area contributed by atoms with Crippen molar-refractivity contribution < 1.29 is 9.21 Å². The first-order valence-corrected chi connectivity index (χ1v) is 7.36. The van der Waals surface area contributed by atoms with Crippen LogP contribution < -0.4 is 5.32 Å². The number of nitrogens with one attached hydrogen (secondary N) is 1. The van der Waals surface area contributed by atoms with E-state index in [4.69, 9.17) is 16.0 Å². The molecule has 102 valence electrons. The Morgan fingerprint density at radius 3 is 3.11 bits per heavy atom. The molecule has 2 rings (SSSR count). The molecule has 0 saturated heterocycles. The molecule has 2 aromatic rings. The molecule has 1 heterocycles. The molecule has 1 aromatic carbocycles. The van der Waals surface area contributed by atoms with Gasteiger partial charge in [0.15, 0.2) is 5.58 Å². The predicted octanol–water partition coefficient (Wildman–Crippen LogP) is 3.49. The van der Waals surface area contributed by atoms with Crippen molar-refractivity contribution in [1.82, 2.24) is 10.3 Å². The molecule has 0 fully saturated rings. The molecule has 0 bridgehead atoms. The summed E-state index contributed by atoms with van der Waals surface area (Å²) in [7, 11) is 0. The molecular weight excluding hydrogens is 284 g/mol. The minimum atomic E-state index is -0.241. The van der Waals surface area contributed by atoms with Crippen molar-refractivity contribution in [2.24, 2.45) is 0 Å². The van der Waals surface area contributed by atoms with Crippen molar-refractivity contribution in [3.63, 3.8) is 0 Å². The number of benzene rings is 1. The number of oxazole rings is 1. The van der Waals surface area contributed by atoms with Crippen LogP contribution in [0.15, 0.2) is 27.8 Å². The smallest absolute Gasteiger partial charge is 0.257 e. The van der Waals surface area contributed by atoms with Crippen LogP contribution in [0.3, 0.4) is 0 Å². The Balaban J connectivity index is 2.06. The Morgan fingerprint density at radius 2 is 2.37 bits per heavy atom. The summed E-state index contributed by atoms with van der Waals surface area (Å²) in [5.41, 5.74) is 1.38. The summed E-state index contributed by atoms with van der Waals surface area (Å²) in [6, 6.07) is 5.27. The number of hydrogen-bond acceptors (Lipinski definition) is 4. The molecule has 1 amide bonds. The molecule has 1 unspecified atom stereocenters. The van der Waals surface area contributed by atoms with E-state index in [2.05, 4.69) is 10.3 Å². The van der Waals surface area contributed by atoms with E-state index in [9.17, 15) is 4.79 Å². The summed E-state index contributed by atoms with van der Waals surface area (Å²) < 4.78 is 5.56. The molecule has 1 aromatic heterocycles. The van der Waals surface area contributed by atoms with Gasteiger partial charge < -0.3 is 9.73 Å². The number of carbonyl (C=O) groups is 1. The van der Waals surface area contributed by atoms with Gasteiger partial charge in [-0.15, -0.1) is 0 Å². The van der Waals surface area contributed by atoms with E-state index in [1.54, 1.807) is 18.2 Å². The third-order valence-electron chi connectivity index (χ3n) is 2.53. The fourth-order valence-corrected chi connectivity index (χ4v) is 2.47. The zero-order valence-corrected chi connectivity index (χ0v) is 12.3. The molecule has 0 aliphatic rings. The highest BCUT2D eigenvalue weighted by atomic mass is 35.5. The Hall–Kier alpha value is -1.20. The van der Waals surface area contributed by atoms with E-state index in [-0.39, 0.29) is 11.2 Å². The van der Waals surface area contributed by atoms with Gasteiger partial charge in [-0.3, -0.25) is 4.79 Å². The number of aromatic nitrogens is 1. The van der Waals surface area contributed by atoms with Gasteiger partial charge in [0.1, 0.15) is 5.52 Å². The van der Waals surface area contributed by atoms with Gasteiger partial charge in [0.2, 0.25) is 5.91 Å². The Kier molecular flexibility index (Phi) is 4.71. The maximum atomic E-state index is 11.8. The topological polar surface area (TPSA) is 55.1 Å². The predicted molar refractivity (Wildman–Crippen MR) is 77.6 cm³/mol. The van der Waals surface area contributed by atoms with Gasteiger partial charge >= 0.3 is 0 Å². The van der Waals surface area contributed by atoms with Gasteiger partial charge in [0.05, 0.1) is 5.25 Å². The Bertz CT molecular complexity index is 585. The third-order valence-corrected chi connectivity index (χ3v) is 3.71. The van der Waals surface area contributed by atoms with Crippen LogP contribution >= 0.6 is 23.4 Å². The van der Waals surface area contributed by atoms with E-state index in [1.165, 1.54) is 11.8 Å². The minimum absolute atomic E-state index is 0.00728. The number of fused-ring (bicyclic) bond motifs is 1.